The second-order valence-corrected chi connectivity index (χ2v) is 9.96. The third-order valence-electron chi connectivity index (χ3n) is 7.01. The first kappa shape index (κ1) is 27.6. The smallest absolute Gasteiger partial charge is 0.382 e. The Morgan fingerprint density at radius 2 is 1.88 bits per heavy atom. The first-order chi connectivity index (χ1) is 19.3. The van der Waals surface area contributed by atoms with Crippen molar-refractivity contribution < 1.29 is 27.6 Å². The highest BCUT2D eigenvalue weighted by Gasteiger charge is 2.44. The molecular formula is C27H25F3N8O3. The van der Waals surface area contributed by atoms with Gasteiger partial charge in [0.1, 0.15) is 17.4 Å². The van der Waals surface area contributed by atoms with Crippen molar-refractivity contribution in [3.05, 3.63) is 66.2 Å². The fraction of sp³-hybridized carbons (Fsp3) is 0.259. The minimum Gasteiger partial charge on any atom is -0.382 e. The zero-order chi connectivity index (χ0) is 29.7. The predicted octanol–water partition coefficient (Wildman–Crippen LogP) is 3.62. The maximum atomic E-state index is 13.9. The second-order valence-electron chi connectivity index (χ2n) is 9.96. The van der Waals surface area contributed by atoms with Crippen molar-refractivity contribution in [2.75, 3.05) is 29.0 Å². The Labute approximate surface area is 231 Å². The van der Waals surface area contributed by atoms with Crippen molar-refractivity contribution in [1.29, 1.82) is 0 Å². The van der Waals surface area contributed by atoms with Crippen LogP contribution in [0.5, 0.6) is 0 Å². The number of rotatable bonds is 4. The lowest BCUT2D eigenvalue weighted by Crippen LogP contribution is -2.64. The number of carbonyl (C=O) groups excluding carboxylic acids is 3. The van der Waals surface area contributed by atoms with Crippen LogP contribution >= 0.6 is 0 Å². The molecule has 212 valence electrons. The number of alkyl halides is 3. The van der Waals surface area contributed by atoms with Crippen LogP contribution in [0.25, 0.3) is 16.8 Å². The van der Waals surface area contributed by atoms with Crippen LogP contribution < -0.4 is 16.0 Å². The fourth-order valence-electron chi connectivity index (χ4n) is 5.04. The van der Waals surface area contributed by atoms with Gasteiger partial charge in [0.05, 0.1) is 34.4 Å². The molecule has 5 rings (SSSR count). The zero-order valence-corrected chi connectivity index (χ0v) is 22.2. The van der Waals surface area contributed by atoms with Crippen LogP contribution in [-0.4, -0.2) is 60.8 Å². The van der Waals surface area contributed by atoms with Gasteiger partial charge in [-0.25, -0.2) is 9.50 Å². The quantitative estimate of drug-likeness (QED) is 0.385. The summed E-state index contributed by atoms with van der Waals surface area (Å²) in [6.07, 6.45) is -0.729. The van der Waals surface area contributed by atoms with Gasteiger partial charge < -0.3 is 20.9 Å². The molecule has 3 N–H and O–H groups in total. The summed E-state index contributed by atoms with van der Waals surface area (Å²) in [5.74, 6) is -1.68. The van der Waals surface area contributed by atoms with E-state index in [4.69, 9.17) is 5.73 Å². The predicted molar refractivity (Wildman–Crippen MR) is 144 cm³/mol. The van der Waals surface area contributed by atoms with Gasteiger partial charge in [-0.15, -0.1) is 0 Å². The molecular weight excluding hydrogens is 541 g/mol. The number of nitrogens with two attached hydrogens (primary N) is 1. The van der Waals surface area contributed by atoms with Crippen LogP contribution in [0.2, 0.25) is 0 Å². The minimum absolute atomic E-state index is 0.0240. The molecule has 0 spiro atoms. The van der Waals surface area contributed by atoms with Gasteiger partial charge in [-0.3, -0.25) is 19.4 Å². The Morgan fingerprint density at radius 1 is 1.12 bits per heavy atom. The largest absolute Gasteiger partial charge is 0.418 e. The molecule has 0 bridgehead atoms. The second kappa shape index (κ2) is 9.87. The number of nitrogens with one attached hydrogen (secondary N) is 1. The van der Waals surface area contributed by atoms with Crippen molar-refractivity contribution in [2.45, 2.75) is 32.5 Å². The molecule has 0 aliphatic carbocycles. The number of amides is 3. The summed E-state index contributed by atoms with van der Waals surface area (Å²) in [6, 6.07) is 8.50. The van der Waals surface area contributed by atoms with Crippen LogP contribution in [0.15, 0.2) is 55.1 Å². The van der Waals surface area contributed by atoms with E-state index in [9.17, 15) is 27.6 Å². The van der Waals surface area contributed by atoms with Gasteiger partial charge in [-0.05, 0) is 44.2 Å². The van der Waals surface area contributed by atoms with E-state index in [1.54, 1.807) is 32.2 Å². The number of hydrogen-bond donors (Lipinski definition) is 2. The average molecular weight is 567 g/mol. The van der Waals surface area contributed by atoms with Crippen molar-refractivity contribution >= 4 is 40.4 Å². The number of hydrogen-bond acceptors (Lipinski definition) is 7. The van der Waals surface area contributed by atoms with E-state index in [2.05, 4.69) is 20.4 Å². The molecule has 3 amide bonds. The third-order valence-corrected chi connectivity index (χ3v) is 7.01. The van der Waals surface area contributed by atoms with E-state index >= 15 is 0 Å². The lowest BCUT2D eigenvalue weighted by atomic mass is 9.95. The Kier molecular flexibility index (Phi) is 6.63. The monoisotopic (exact) mass is 566 g/mol. The first-order valence-corrected chi connectivity index (χ1v) is 12.5. The van der Waals surface area contributed by atoms with E-state index in [1.165, 1.54) is 41.1 Å². The first-order valence-electron chi connectivity index (χ1n) is 12.5. The van der Waals surface area contributed by atoms with Gasteiger partial charge in [0.2, 0.25) is 5.91 Å². The van der Waals surface area contributed by atoms with E-state index in [0.29, 0.717) is 5.69 Å². The van der Waals surface area contributed by atoms with E-state index < -0.39 is 34.6 Å². The highest BCUT2D eigenvalue weighted by molar-refractivity contribution is 6.13. The Balaban J connectivity index is 1.68. The molecule has 1 saturated heterocycles. The summed E-state index contributed by atoms with van der Waals surface area (Å²) in [6.45, 7) is 4.78. The molecule has 1 aliphatic rings. The summed E-state index contributed by atoms with van der Waals surface area (Å²) in [4.78, 5) is 49.9. The number of carbonyl (C=O) groups is 3. The van der Waals surface area contributed by atoms with Gasteiger partial charge in [0, 0.05) is 31.8 Å². The Bertz CT molecular complexity index is 1680. The van der Waals surface area contributed by atoms with Crippen LogP contribution in [0.3, 0.4) is 0 Å². The van der Waals surface area contributed by atoms with E-state index in [1.807, 2.05) is 0 Å². The maximum absolute atomic E-state index is 13.9. The number of aromatic nitrogens is 4. The maximum Gasteiger partial charge on any atom is 0.418 e. The van der Waals surface area contributed by atoms with Crippen LogP contribution in [0, 0.1) is 0 Å². The molecule has 0 radical (unpaired) electrons. The van der Waals surface area contributed by atoms with Crippen LogP contribution in [-0.2, 0) is 15.8 Å². The average Bonchev–Trinajstić information content (AvgIpc) is 3.32. The van der Waals surface area contributed by atoms with Crippen LogP contribution in [0.1, 0.15) is 36.7 Å². The van der Waals surface area contributed by atoms with Crippen molar-refractivity contribution in [1.82, 2.24) is 24.5 Å². The molecule has 1 aromatic carbocycles. The topological polar surface area (TPSA) is 139 Å². The fourth-order valence-corrected chi connectivity index (χ4v) is 5.04. The summed E-state index contributed by atoms with van der Waals surface area (Å²) in [7, 11) is 0. The number of anilines is 3. The molecule has 0 saturated carbocycles. The Morgan fingerprint density at radius 3 is 2.54 bits per heavy atom. The summed E-state index contributed by atoms with van der Waals surface area (Å²) < 4.78 is 42.9. The van der Waals surface area contributed by atoms with E-state index in [-0.39, 0.29) is 47.3 Å². The van der Waals surface area contributed by atoms with Crippen molar-refractivity contribution in [3.8, 4) is 11.3 Å². The van der Waals surface area contributed by atoms with E-state index in [0.717, 1.165) is 16.9 Å². The molecule has 11 nitrogen and oxygen atoms in total. The number of piperazine rings is 1. The number of fused-ring (bicyclic) bond motifs is 1. The highest BCUT2D eigenvalue weighted by atomic mass is 19.4. The van der Waals surface area contributed by atoms with Gasteiger partial charge >= 0.3 is 6.18 Å². The molecule has 0 unspecified atom stereocenters. The molecule has 0 atom stereocenters. The standard InChI is InChI=1S/C27H25F3N8O3/c1-15(39)37-10-9-36(25(41)26(37,2)3)21-11-16(6-7-18(21)24(40)35-17-5-4-8-32-13-17)20-12-19(27(28,29)30)22-23(31)33-14-34-38(20)22/h4-8,11-14H,9-10H2,1-3H3,(H,35,40)(H2,31,33,34). The highest BCUT2D eigenvalue weighted by Crippen LogP contribution is 2.40. The third kappa shape index (κ3) is 4.81. The van der Waals surface area contributed by atoms with Crippen LogP contribution in [0.4, 0.5) is 30.4 Å². The van der Waals surface area contributed by atoms with Gasteiger partial charge in [0.15, 0.2) is 5.82 Å². The molecule has 41 heavy (non-hydrogen) atoms. The molecule has 3 aromatic heterocycles. The summed E-state index contributed by atoms with van der Waals surface area (Å²) >= 11 is 0. The molecule has 4 aromatic rings. The number of nitrogen functional groups attached to an aromatic ring is 1. The number of pyridine rings is 1. The van der Waals surface area contributed by atoms with Crippen molar-refractivity contribution in [2.24, 2.45) is 0 Å². The minimum atomic E-state index is -4.75. The van der Waals surface area contributed by atoms with Crippen molar-refractivity contribution in [3.63, 3.8) is 0 Å². The lowest BCUT2D eigenvalue weighted by Gasteiger charge is -2.45. The number of nitrogens with zero attached hydrogens (tertiary/aromatic N) is 6. The summed E-state index contributed by atoms with van der Waals surface area (Å²) in [5, 5.41) is 6.72. The molecule has 4 heterocycles. The Hall–Kier alpha value is -5.01. The SMILES string of the molecule is CC(=O)N1CCN(c2cc(-c3cc(C(F)(F)F)c4c(N)ncnn34)ccc2C(=O)Nc2cccnc2)C(=O)C1(C)C. The number of benzene rings is 1. The summed E-state index contributed by atoms with van der Waals surface area (Å²) in [5.41, 5.74) is 4.01. The lowest BCUT2D eigenvalue weighted by molar-refractivity contribution is -0.145. The van der Waals surface area contributed by atoms with Gasteiger partial charge in [-0.1, -0.05) is 6.07 Å². The zero-order valence-electron chi connectivity index (χ0n) is 22.2. The molecule has 14 heteroatoms. The molecule has 1 aliphatic heterocycles. The molecule has 1 fully saturated rings. The number of halogens is 3. The van der Waals surface area contributed by atoms with Gasteiger partial charge in [0.25, 0.3) is 11.8 Å². The van der Waals surface area contributed by atoms with Gasteiger partial charge in [-0.2, -0.15) is 18.3 Å². The normalized spacial score (nSPS) is 15.3.